The molecule has 0 saturated heterocycles. The molecule has 0 spiro atoms. The molecule has 0 bridgehead atoms. The molecular weight excluding hydrogens is 328 g/mol. The molecule has 0 aliphatic rings. The molecule has 0 aliphatic heterocycles. The van der Waals surface area contributed by atoms with Gasteiger partial charge in [0.2, 0.25) is 0 Å². The lowest BCUT2D eigenvalue weighted by Gasteiger charge is -2.08. The van der Waals surface area contributed by atoms with E-state index in [-0.39, 0.29) is 5.78 Å². The Hall–Kier alpha value is -1.32. The van der Waals surface area contributed by atoms with Gasteiger partial charge in [-0.05, 0) is 36.8 Å². The number of benzene rings is 2. The van der Waals surface area contributed by atoms with Gasteiger partial charge in [0.25, 0.3) is 0 Å². The largest absolute Gasteiger partial charge is 0.495 e. The Morgan fingerprint density at radius 3 is 2.63 bits per heavy atom. The van der Waals surface area contributed by atoms with Gasteiger partial charge < -0.3 is 4.74 Å². The third-order valence-electron chi connectivity index (χ3n) is 2.93. The number of ether oxygens (including phenoxy) is 1. The predicted molar refractivity (Wildman–Crippen MR) is 80.3 cm³/mol. The van der Waals surface area contributed by atoms with Crippen molar-refractivity contribution < 1.29 is 9.53 Å². The fourth-order valence-electron chi connectivity index (χ4n) is 1.82. The summed E-state index contributed by atoms with van der Waals surface area (Å²) in [6.07, 6.45) is 0. The average molecular weight is 340 g/mol. The smallest absolute Gasteiger partial charge is 0.193 e. The first-order valence-corrected chi connectivity index (χ1v) is 6.85. The van der Waals surface area contributed by atoms with Gasteiger partial charge in [0.1, 0.15) is 5.75 Å². The molecule has 0 saturated carbocycles. The minimum Gasteiger partial charge on any atom is -0.495 e. The van der Waals surface area contributed by atoms with E-state index in [1.54, 1.807) is 31.4 Å². The molecule has 0 N–H and O–H groups in total. The summed E-state index contributed by atoms with van der Waals surface area (Å²) in [5.41, 5.74) is 2.13. The van der Waals surface area contributed by atoms with Crippen molar-refractivity contribution >= 4 is 33.3 Å². The van der Waals surface area contributed by atoms with E-state index in [0.29, 0.717) is 21.9 Å². The van der Waals surface area contributed by atoms with Gasteiger partial charge in [0, 0.05) is 15.6 Å². The highest BCUT2D eigenvalue weighted by Crippen LogP contribution is 2.27. The second kappa shape index (κ2) is 5.76. The van der Waals surface area contributed by atoms with Crippen LogP contribution in [0.15, 0.2) is 40.9 Å². The van der Waals surface area contributed by atoms with Crippen LogP contribution in [0.4, 0.5) is 0 Å². The quantitative estimate of drug-likeness (QED) is 0.761. The maximum Gasteiger partial charge on any atom is 0.193 e. The number of hydrogen-bond donors (Lipinski definition) is 0. The summed E-state index contributed by atoms with van der Waals surface area (Å²) in [6, 6.07) is 10.6. The number of methoxy groups -OCH3 is 1. The van der Waals surface area contributed by atoms with Gasteiger partial charge in [0.15, 0.2) is 5.78 Å². The fourth-order valence-corrected chi connectivity index (χ4v) is 2.44. The maximum atomic E-state index is 12.5. The van der Waals surface area contributed by atoms with Crippen molar-refractivity contribution in [3.05, 3.63) is 62.6 Å². The first-order valence-electron chi connectivity index (χ1n) is 5.68. The molecule has 0 unspecified atom stereocenters. The van der Waals surface area contributed by atoms with Gasteiger partial charge in [-0.3, -0.25) is 4.79 Å². The summed E-state index contributed by atoms with van der Waals surface area (Å²) in [5.74, 6) is 0.507. The van der Waals surface area contributed by atoms with Crippen LogP contribution < -0.4 is 4.74 Å². The Kier molecular flexibility index (Phi) is 4.27. The molecule has 2 aromatic carbocycles. The second-order valence-electron chi connectivity index (χ2n) is 4.09. The van der Waals surface area contributed by atoms with Gasteiger partial charge in [-0.2, -0.15) is 0 Å². The summed E-state index contributed by atoms with van der Waals surface area (Å²) in [7, 11) is 1.54. The Bertz CT molecular complexity index is 638. The number of ketones is 1. The van der Waals surface area contributed by atoms with E-state index >= 15 is 0 Å². The van der Waals surface area contributed by atoms with Crippen LogP contribution in [-0.2, 0) is 0 Å². The molecule has 2 rings (SSSR count). The van der Waals surface area contributed by atoms with Gasteiger partial charge >= 0.3 is 0 Å². The number of halogens is 2. The minimum atomic E-state index is -0.0525. The Balaban J connectivity index is 2.44. The highest BCUT2D eigenvalue weighted by atomic mass is 79.9. The predicted octanol–water partition coefficient (Wildman–Crippen LogP) is 4.65. The highest BCUT2D eigenvalue weighted by molar-refractivity contribution is 9.10. The Morgan fingerprint density at radius 2 is 2.00 bits per heavy atom. The third kappa shape index (κ3) is 2.82. The molecule has 0 aliphatic carbocycles. The van der Waals surface area contributed by atoms with Crippen LogP contribution in [0, 0.1) is 6.92 Å². The zero-order valence-corrected chi connectivity index (χ0v) is 12.9. The molecule has 0 radical (unpaired) electrons. The summed E-state index contributed by atoms with van der Waals surface area (Å²) in [4.78, 5) is 12.5. The third-order valence-corrected chi connectivity index (χ3v) is 4.08. The maximum absolute atomic E-state index is 12.5. The highest BCUT2D eigenvalue weighted by Gasteiger charge is 2.14. The average Bonchev–Trinajstić information content (AvgIpc) is 2.41. The number of hydrogen-bond acceptors (Lipinski definition) is 2. The molecule has 0 atom stereocenters. The number of rotatable bonds is 3. The van der Waals surface area contributed by atoms with Crippen LogP contribution in [0.1, 0.15) is 21.5 Å². The molecule has 19 heavy (non-hydrogen) atoms. The lowest BCUT2D eigenvalue weighted by Crippen LogP contribution is -2.04. The van der Waals surface area contributed by atoms with Crippen LogP contribution in [0.2, 0.25) is 5.02 Å². The van der Waals surface area contributed by atoms with Gasteiger partial charge in [-0.15, -0.1) is 0 Å². The van der Waals surface area contributed by atoms with Gasteiger partial charge in [-0.1, -0.05) is 39.7 Å². The molecule has 0 aromatic heterocycles. The van der Waals surface area contributed by atoms with Crippen molar-refractivity contribution in [2.75, 3.05) is 7.11 Å². The first-order chi connectivity index (χ1) is 9.04. The van der Waals surface area contributed by atoms with E-state index < -0.39 is 0 Å². The van der Waals surface area contributed by atoms with Crippen molar-refractivity contribution in [3.63, 3.8) is 0 Å². The Labute approximate surface area is 125 Å². The van der Waals surface area contributed by atoms with Crippen LogP contribution in [-0.4, -0.2) is 12.9 Å². The van der Waals surface area contributed by atoms with E-state index in [1.165, 1.54) is 0 Å². The van der Waals surface area contributed by atoms with Crippen molar-refractivity contribution in [1.82, 2.24) is 0 Å². The molecule has 0 amide bonds. The lowest BCUT2D eigenvalue weighted by atomic mass is 9.99. The summed E-state index contributed by atoms with van der Waals surface area (Å²) >= 11 is 9.47. The summed E-state index contributed by atoms with van der Waals surface area (Å²) in [5, 5.41) is 0.431. The molecule has 0 heterocycles. The van der Waals surface area contributed by atoms with E-state index in [4.69, 9.17) is 16.3 Å². The molecule has 4 heteroatoms. The first kappa shape index (κ1) is 14.1. The van der Waals surface area contributed by atoms with Crippen LogP contribution in [0.5, 0.6) is 5.75 Å². The molecule has 0 fully saturated rings. The normalized spacial score (nSPS) is 10.3. The molecule has 2 nitrogen and oxygen atoms in total. The molecular formula is C15H12BrClO2. The van der Waals surface area contributed by atoms with E-state index in [9.17, 15) is 4.79 Å². The van der Waals surface area contributed by atoms with Crippen molar-refractivity contribution in [3.8, 4) is 5.75 Å². The number of carbonyl (C=O) groups excluding carboxylic acids is 1. The van der Waals surface area contributed by atoms with E-state index in [1.807, 2.05) is 19.1 Å². The summed E-state index contributed by atoms with van der Waals surface area (Å²) < 4.78 is 5.99. The van der Waals surface area contributed by atoms with Crippen LogP contribution >= 0.6 is 27.5 Å². The fraction of sp³-hybridized carbons (Fsp3) is 0.133. The minimum absolute atomic E-state index is 0.0525. The van der Waals surface area contributed by atoms with E-state index in [2.05, 4.69) is 15.9 Å². The molecule has 2 aromatic rings. The van der Waals surface area contributed by atoms with Crippen LogP contribution in [0.25, 0.3) is 0 Å². The van der Waals surface area contributed by atoms with Crippen molar-refractivity contribution in [1.29, 1.82) is 0 Å². The van der Waals surface area contributed by atoms with Gasteiger partial charge in [0.05, 0.1) is 12.1 Å². The zero-order valence-electron chi connectivity index (χ0n) is 10.5. The second-order valence-corrected chi connectivity index (χ2v) is 5.35. The standard InChI is InChI=1S/C15H12BrClO2/c1-9-11(4-3-5-12(9)16)15(18)10-6-7-14(19-2)13(17)8-10/h3-8H,1-2H3. The number of carbonyl (C=O) groups is 1. The van der Waals surface area contributed by atoms with Gasteiger partial charge in [-0.25, -0.2) is 0 Å². The summed E-state index contributed by atoms with van der Waals surface area (Å²) in [6.45, 7) is 1.91. The SMILES string of the molecule is COc1ccc(C(=O)c2cccc(Br)c2C)cc1Cl. The lowest BCUT2D eigenvalue weighted by molar-refractivity contribution is 0.103. The van der Waals surface area contributed by atoms with Crippen molar-refractivity contribution in [2.24, 2.45) is 0 Å². The van der Waals surface area contributed by atoms with Crippen LogP contribution in [0.3, 0.4) is 0 Å². The monoisotopic (exact) mass is 338 g/mol. The van der Waals surface area contributed by atoms with Crippen molar-refractivity contribution in [2.45, 2.75) is 6.92 Å². The van der Waals surface area contributed by atoms with E-state index in [0.717, 1.165) is 10.0 Å². The topological polar surface area (TPSA) is 26.3 Å². The Morgan fingerprint density at radius 1 is 1.26 bits per heavy atom. The zero-order chi connectivity index (χ0) is 14.0. The molecule has 98 valence electrons.